The minimum absolute atomic E-state index is 0.807. The van der Waals surface area contributed by atoms with Gasteiger partial charge < -0.3 is 19.4 Å². The molecule has 124 valence electrons. The smallest absolute Gasteiger partial charge is 0.137 e. The minimum Gasteiger partial charge on any atom is -0.497 e. The van der Waals surface area contributed by atoms with E-state index < -0.39 is 0 Å². The Labute approximate surface area is 141 Å². The first-order valence-electron chi connectivity index (χ1n) is 8.38. The average Bonchev–Trinajstić information content (AvgIpc) is 3.04. The van der Waals surface area contributed by atoms with E-state index in [1.54, 1.807) is 7.11 Å². The summed E-state index contributed by atoms with van der Waals surface area (Å²) in [7, 11) is 1.70. The molecule has 0 bridgehead atoms. The number of hydrogen-bond acceptors (Lipinski definition) is 4. The van der Waals surface area contributed by atoms with Crippen LogP contribution in [0, 0.1) is 0 Å². The fraction of sp³-hybridized carbons (Fsp3) is 0.316. The van der Waals surface area contributed by atoms with Crippen LogP contribution in [0.4, 0.5) is 5.69 Å². The lowest BCUT2D eigenvalue weighted by Gasteiger charge is -2.29. The maximum absolute atomic E-state index is 5.30. The van der Waals surface area contributed by atoms with Gasteiger partial charge in [-0.15, -0.1) is 0 Å². The number of piperazine rings is 1. The van der Waals surface area contributed by atoms with E-state index in [9.17, 15) is 0 Å². The topological polar surface area (TPSA) is 41.8 Å². The van der Waals surface area contributed by atoms with Gasteiger partial charge in [0, 0.05) is 45.0 Å². The fourth-order valence-electron chi connectivity index (χ4n) is 3.22. The number of hydrogen-bond donors (Lipinski definition) is 1. The first kappa shape index (κ1) is 15.0. The van der Waals surface area contributed by atoms with Crippen molar-refractivity contribution in [1.82, 2.24) is 14.7 Å². The van der Waals surface area contributed by atoms with Crippen molar-refractivity contribution in [3.8, 4) is 5.75 Å². The lowest BCUT2D eigenvalue weighted by atomic mass is 10.1. The molecule has 2 aromatic heterocycles. The molecule has 0 atom stereocenters. The zero-order valence-electron chi connectivity index (χ0n) is 13.9. The van der Waals surface area contributed by atoms with Gasteiger partial charge in [0.25, 0.3) is 0 Å². The molecule has 0 aliphatic carbocycles. The molecule has 0 unspecified atom stereocenters. The zero-order chi connectivity index (χ0) is 16.4. The summed E-state index contributed by atoms with van der Waals surface area (Å²) in [6, 6.07) is 12.4. The lowest BCUT2D eigenvalue weighted by Crippen LogP contribution is -2.43. The van der Waals surface area contributed by atoms with Gasteiger partial charge in [0.1, 0.15) is 11.4 Å². The number of nitrogens with zero attached hydrogens (tertiary/aromatic N) is 3. The largest absolute Gasteiger partial charge is 0.497 e. The Balaban J connectivity index is 1.58. The molecular formula is C19H22N4O. The van der Waals surface area contributed by atoms with Crippen LogP contribution in [0.1, 0.15) is 11.3 Å². The molecule has 1 N–H and O–H groups in total. The van der Waals surface area contributed by atoms with Crippen LogP contribution >= 0.6 is 0 Å². The Morgan fingerprint density at radius 1 is 1.12 bits per heavy atom. The van der Waals surface area contributed by atoms with Gasteiger partial charge in [-0.25, -0.2) is 4.98 Å². The zero-order valence-corrected chi connectivity index (χ0v) is 13.9. The summed E-state index contributed by atoms with van der Waals surface area (Å²) in [5.41, 5.74) is 4.53. The van der Waals surface area contributed by atoms with E-state index in [0.29, 0.717) is 0 Å². The first-order valence-corrected chi connectivity index (χ1v) is 8.38. The van der Waals surface area contributed by atoms with Crippen molar-refractivity contribution in [3.63, 3.8) is 0 Å². The molecule has 5 heteroatoms. The molecule has 1 aromatic carbocycles. The molecule has 3 aromatic rings. The Kier molecular flexibility index (Phi) is 4.09. The second-order valence-electron chi connectivity index (χ2n) is 6.15. The molecular weight excluding hydrogens is 300 g/mol. The molecule has 1 fully saturated rings. The molecule has 1 aliphatic rings. The molecule has 24 heavy (non-hydrogen) atoms. The van der Waals surface area contributed by atoms with Crippen molar-refractivity contribution in [2.45, 2.75) is 6.42 Å². The summed E-state index contributed by atoms with van der Waals surface area (Å²) < 4.78 is 7.43. The second-order valence-corrected chi connectivity index (χ2v) is 6.15. The monoisotopic (exact) mass is 322 g/mol. The Morgan fingerprint density at radius 2 is 2.00 bits per heavy atom. The number of ether oxygens (including phenoxy) is 1. The van der Waals surface area contributed by atoms with E-state index >= 15 is 0 Å². The maximum Gasteiger partial charge on any atom is 0.137 e. The third-order valence-electron chi connectivity index (χ3n) is 4.49. The molecule has 0 spiro atoms. The van der Waals surface area contributed by atoms with Gasteiger partial charge in [-0.3, -0.25) is 0 Å². The van der Waals surface area contributed by atoms with E-state index in [2.05, 4.69) is 51.3 Å². The second kappa shape index (κ2) is 6.53. The lowest BCUT2D eigenvalue weighted by molar-refractivity contribution is 0.414. The summed E-state index contributed by atoms with van der Waals surface area (Å²) >= 11 is 0. The van der Waals surface area contributed by atoms with Crippen LogP contribution in [0.5, 0.6) is 5.75 Å². The number of aromatic nitrogens is 2. The highest BCUT2D eigenvalue weighted by atomic mass is 16.5. The van der Waals surface area contributed by atoms with Crippen LogP contribution in [-0.4, -0.2) is 42.7 Å². The molecule has 3 heterocycles. The van der Waals surface area contributed by atoms with E-state index in [0.717, 1.165) is 49.7 Å². The highest BCUT2D eigenvalue weighted by Crippen LogP contribution is 2.19. The van der Waals surface area contributed by atoms with Crippen molar-refractivity contribution >= 4 is 11.3 Å². The Bertz CT molecular complexity index is 836. The number of anilines is 1. The number of benzene rings is 1. The van der Waals surface area contributed by atoms with Gasteiger partial charge in [0.2, 0.25) is 0 Å². The molecule has 0 saturated carbocycles. The number of fused-ring (bicyclic) bond motifs is 1. The van der Waals surface area contributed by atoms with Gasteiger partial charge >= 0.3 is 0 Å². The highest BCUT2D eigenvalue weighted by molar-refractivity contribution is 5.53. The maximum atomic E-state index is 5.30. The van der Waals surface area contributed by atoms with Crippen LogP contribution in [0.3, 0.4) is 0 Å². The van der Waals surface area contributed by atoms with Gasteiger partial charge in [-0.1, -0.05) is 12.1 Å². The van der Waals surface area contributed by atoms with Crippen molar-refractivity contribution in [1.29, 1.82) is 0 Å². The van der Waals surface area contributed by atoms with Crippen LogP contribution in [0.2, 0.25) is 0 Å². The van der Waals surface area contributed by atoms with Gasteiger partial charge in [0.15, 0.2) is 0 Å². The van der Waals surface area contributed by atoms with E-state index in [-0.39, 0.29) is 0 Å². The van der Waals surface area contributed by atoms with Crippen molar-refractivity contribution in [2.24, 2.45) is 0 Å². The van der Waals surface area contributed by atoms with Crippen LogP contribution in [0.25, 0.3) is 5.65 Å². The summed E-state index contributed by atoms with van der Waals surface area (Å²) in [6.45, 7) is 4.19. The highest BCUT2D eigenvalue weighted by Gasteiger charge is 2.11. The number of imidazole rings is 1. The van der Waals surface area contributed by atoms with Crippen molar-refractivity contribution in [3.05, 3.63) is 60.0 Å². The quantitative estimate of drug-likeness (QED) is 0.800. The van der Waals surface area contributed by atoms with Gasteiger partial charge in [-0.05, 0) is 29.8 Å². The standard InChI is InChI=1S/C19H22N4O/c1-24-18-4-2-3-15(12-18)11-16-13-23-14-17(5-6-19(23)21-16)22-9-7-20-8-10-22/h2-6,12-14,20H,7-11H2,1H3. The normalized spacial score (nSPS) is 15.0. The van der Waals surface area contributed by atoms with Gasteiger partial charge in [0.05, 0.1) is 18.5 Å². The third kappa shape index (κ3) is 3.08. The van der Waals surface area contributed by atoms with Crippen LogP contribution in [0.15, 0.2) is 48.8 Å². The van der Waals surface area contributed by atoms with Crippen LogP contribution < -0.4 is 15.0 Å². The molecule has 0 amide bonds. The Morgan fingerprint density at radius 3 is 2.83 bits per heavy atom. The molecule has 1 saturated heterocycles. The van der Waals surface area contributed by atoms with Gasteiger partial charge in [-0.2, -0.15) is 0 Å². The average molecular weight is 322 g/mol. The van der Waals surface area contributed by atoms with Crippen molar-refractivity contribution < 1.29 is 4.74 Å². The summed E-state index contributed by atoms with van der Waals surface area (Å²) in [4.78, 5) is 7.16. The first-order chi connectivity index (χ1) is 11.8. The summed E-state index contributed by atoms with van der Waals surface area (Å²) in [6.07, 6.45) is 5.12. The molecule has 0 radical (unpaired) electrons. The van der Waals surface area contributed by atoms with E-state index in [1.807, 2.05) is 12.1 Å². The predicted molar refractivity (Wildman–Crippen MR) is 96.1 cm³/mol. The summed E-state index contributed by atoms with van der Waals surface area (Å²) in [5.74, 6) is 0.886. The minimum atomic E-state index is 0.807. The SMILES string of the molecule is COc1cccc(Cc2cn3cc(N4CCNCC4)ccc3n2)c1. The van der Waals surface area contributed by atoms with E-state index in [4.69, 9.17) is 9.72 Å². The number of pyridine rings is 1. The molecule has 5 nitrogen and oxygen atoms in total. The number of nitrogens with one attached hydrogen (secondary N) is 1. The van der Waals surface area contributed by atoms with Crippen LogP contribution in [-0.2, 0) is 6.42 Å². The van der Waals surface area contributed by atoms with Crippen molar-refractivity contribution in [2.75, 3.05) is 38.2 Å². The number of rotatable bonds is 4. The third-order valence-corrected chi connectivity index (χ3v) is 4.49. The summed E-state index contributed by atoms with van der Waals surface area (Å²) in [5, 5.41) is 3.39. The molecule has 4 rings (SSSR count). The molecule has 1 aliphatic heterocycles. The fourth-order valence-corrected chi connectivity index (χ4v) is 3.22. The Hall–Kier alpha value is -2.53. The number of methoxy groups -OCH3 is 1. The predicted octanol–water partition coefficient (Wildman–Crippen LogP) is 2.34. The van der Waals surface area contributed by atoms with E-state index in [1.165, 1.54) is 11.3 Å².